The first kappa shape index (κ1) is 19.8. The lowest BCUT2D eigenvalue weighted by molar-refractivity contribution is -0.134. The van der Waals surface area contributed by atoms with Gasteiger partial charge in [0.15, 0.2) is 0 Å². The van der Waals surface area contributed by atoms with Crippen LogP contribution in [0.2, 0.25) is 0 Å². The molecule has 2 aromatic rings. The molecule has 156 valence electrons. The predicted octanol–water partition coefficient (Wildman–Crippen LogP) is 0.422. The third-order valence-corrected chi connectivity index (χ3v) is 5.68. The van der Waals surface area contributed by atoms with Gasteiger partial charge in [-0.25, -0.2) is 9.97 Å². The summed E-state index contributed by atoms with van der Waals surface area (Å²) in [7, 11) is 3.74. The average Bonchev–Trinajstić information content (AvgIpc) is 2.74. The standard InChI is InChI=1S/C20H28N6O3/c1-24(2)20-21-11-15-17(23-20)10-16(22-19(15)28)14-4-3-5-26(12-14)18(27)13-25-6-8-29-9-7-25/h10-11,14H,3-9,12-13H2,1-2H3,(H,22,28). The number of amides is 1. The summed E-state index contributed by atoms with van der Waals surface area (Å²) in [5.74, 6) is 0.823. The molecule has 2 aromatic heterocycles. The molecule has 2 fully saturated rings. The monoisotopic (exact) mass is 400 g/mol. The fourth-order valence-electron chi connectivity index (χ4n) is 4.00. The summed E-state index contributed by atoms with van der Waals surface area (Å²) in [6.07, 6.45) is 3.43. The zero-order valence-corrected chi connectivity index (χ0v) is 17.1. The minimum atomic E-state index is -0.181. The van der Waals surface area contributed by atoms with Crippen molar-refractivity contribution in [3.63, 3.8) is 0 Å². The fraction of sp³-hybridized carbons (Fsp3) is 0.600. The number of piperidine rings is 1. The van der Waals surface area contributed by atoms with Crippen LogP contribution in [0.5, 0.6) is 0 Å². The molecule has 2 saturated heterocycles. The maximum atomic E-state index is 12.8. The van der Waals surface area contributed by atoms with E-state index in [4.69, 9.17) is 4.74 Å². The number of hydrogen-bond donors (Lipinski definition) is 1. The zero-order chi connectivity index (χ0) is 20.4. The lowest BCUT2D eigenvalue weighted by Gasteiger charge is -2.35. The van der Waals surface area contributed by atoms with Crippen LogP contribution < -0.4 is 10.5 Å². The summed E-state index contributed by atoms with van der Waals surface area (Å²) in [5, 5.41) is 0.482. The van der Waals surface area contributed by atoms with Crippen molar-refractivity contribution in [2.45, 2.75) is 18.8 Å². The Kier molecular flexibility index (Phi) is 5.77. The van der Waals surface area contributed by atoms with Crippen LogP contribution in [0, 0.1) is 0 Å². The van der Waals surface area contributed by atoms with Gasteiger partial charge >= 0.3 is 0 Å². The van der Waals surface area contributed by atoms with E-state index in [1.807, 2.05) is 30.0 Å². The van der Waals surface area contributed by atoms with Crippen LogP contribution in [0.25, 0.3) is 10.9 Å². The van der Waals surface area contributed by atoms with Gasteiger partial charge in [0.2, 0.25) is 11.9 Å². The number of pyridine rings is 1. The highest BCUT2D eigenvalue weighted by Gasteiger charge is 2.27. The van der Waals surface area contributed by atoms with E-state index < -0.39 is 0 Å². The third kappa shape index (κ3) is 4.40. The maximum Gasteiger partial charge on any atom is 0.259 e. The van der Waals surface area contributed by atoms with Crippen molar-refractivity contribution in [2.75, 3.05) is 64.9 Å². The number of nitrogens with zero attached hydrogens (tertiary/aromatic N) is 5. The topological polar surface area (TPSA) is 94.7 Å². The van der Waals surface area contributed by atoms with E-state index in [0.717, 1.165) is 38.2 Å². The van der Waals surface area contributed by atoms with Crippen LogP contribution in [-0.2, 0) is 9.53 Å². The molecule has 1 unspecified atom stereocenters. The van der Waals surface area contributed by atoms with Gasteiger partial charge in [0.05, 0.1) is 30.7 Å². The van der Waals surface area contributed by atoms with Gasteiger partial charge < -0.3 is 19.5 Å². The van der Waals surface area contributed by atoms with E-state index in [1.54, 1.807) is 6.20 Å². The molecule has 9 nitrogen and oxygen atoms in total. The number of carbonyl (C=O) groups is 1. The van der Waals surface area contributed by atoms with Crippen LogP contribution >= 0.6 is 0 Å². The summed E-state index contributed by atoms with van der Waals surface area (Å²) in [6.45, 7) is 4.80. The molecule has 1 amide bonds. The van der Waals surface area contributed by atoms with Gasteiger partial charge in [-0.05, 0) is 18.9 Å². The van der Waals surface area contributed by atoms with Crippen molar-refractivity contribution in [3.05, 3.63) is 28.3 Å². The molecule has 0 aliphatic carbocycles. The number of hydrogen-bond acceptors (Lipinski definition) is 7. The molecule has 0 saturated carbocycles. The molecule has 0 aromatic carbocycles. The zero-order valence-electron chi connectivity index (χ0n) is 17.1. The number of aromatic amines is 1. The SMILES string of the molecule is CN(C)c1ncc2c(=O)[nH]c(C3CCCN(C(=O)CN4CCOCC4)C3)cc2n1. The van der Waals surface area contributed by atoms with E-state index in [-0.39, 0.29) is 17.4 Å². The maximum absolute atomic E-state index is 12.8. The molecule has 4 heterocycles. The highest BCUT2D eigenvalue weighted by Crippen LogP contribution is 2.26. The smallest absolute Gasteiger partial charge is 0.259 e. The van der Waals surface area contributed by atoms with E-state index in [0.29, 0.717) is 43.2 Å². The van der Waals surface area contributed by atoms with Gasteiger partial charge in [-0.2, -0.15) is 0 Å². The van der Waals surface area contributed by atoms with Gasteiger partial charge in [-0.3, -0.25) is 14.5 Å². The van der Waals surface area contributed by atoms with Gasteiger partial charge in [0, 0.05) is 58.1 Å². The first-order valence-corrected chi connectivity index (χ1v) is 10.2. The van der Waals surface area contributed by atoms with E-state index in [9.17, 15) is 9.59 Å². The van der Waals surface area contributed by atoms with Crippen molar-refractivity contribution in [1.82, 2.24) is 24.8 Å². The number of H-pyrrole nitrogens is 1. The molecule has 29 heavy (non-hydrogen) atoms. The predicted molar refractivity (Wildman–Crippen MR) is 110 cm³/mol. The summed E-state index contributed by atoms with van der Waals surface area (Å²) in [6, 6.07) is 1.94. The number of anilines is 1. The Morgan fingerprint density at radius 1 is 1.31 bits per heavy atom. The molecular formula is C20H28N6O3. The normalized spacial score (nSPS) is 20.8. The molecule has 9 heteroatoms. The Hall–Kier alpha value is -2.52. The first-order chi connectivity index (χ1) is 14.0. The van der Waals surface area contributed by atoms with Crippen LogP contribution in [0.15, 0.2) is 17.1 Å². The summed E-state index contributed by atoms with van der Waals surface area (Å²) >= 11 is 0. The highest BCUT2D eigenvalue weighted by molar-refractivity contribution is 5.79. The quantitative estimate of drug-likeness (QED) is 0.795. The van der Waals surface area contributed by atoms with Crippen molar-refractivity contribution in [2.24, 2.45) is 0 Å². The van der Waals surface area contributed by atoms with Gasteiger partial charge in [0.25, 0.3) is 5.56 Å². The number of fused-ring (bicyclic) bond motifs is 1. The molecular weight excluding hydrogens is 372 g/mol. The lowest BCUT2D eigenvalue weighted by atomic mass is 9.94. The Balaban J connectivity index is 1.52. The second-order valence-corrected chi connectivity index (χ2v) is 7.98. The molecule has 2 aliphatic heterocycles. The van der Waals surface area contributed by atoms with Gasteiger partial charge in [-0.15, -0.1) is 0 Å². The van der Waals surface area contributed by atoms with E-state index in [2.05, 4.69) is 19.9 Å². The number of rotatable bonds is 4. The Morgan fingerprint density at radius 2 is 2.10 bits per heavy atom. The number of likely N-dealkylation sites (tertiary alicyclic amines) is 1. The van der Waals surface area contributed by atoms with Gasteiger partial charge in [0.1, 0.15) is 0 Å². The Morgan fingerprint density at radius 3 is 2.86 bits per heavy atom. The second-order valence-electron chi connectivity index (χ2n) is 7.98. The summed E-state index contributed by atoms with van der Waals surface area (Å²) < 4.78 is 5.36. The molecule has 0 bridgehead atoms. The average molecular weight is 400 g/mol. The molecule has 2 aliphatic rings. The highest BCUT2D eigenvalue weighted by atomic mass is 16.5. The van der Waals surface area contributed by atoms with Crippen molar-refractivity contribution < 1.29 is 9.53 Å². The molecule has 0 spiro atoms. The Labute approximate surface area is 169 Å². The number of morpholine rings is 1. The second kappa shape index (κ2) is 8.46. The summed E-state index contributed by atoms with van der Waals surface area (Å²) in [5.41, 5.74) is 1.30. The van der Waals surface area contributed by atoms with Crippen LogP contribution in [0.1, 0.15) is 24.5 Å². The fourth-order valence-corrected chi connectivity index (χ4v) is 4.00. The first-order valence-electron chi connectivity index (χ1n) is 10.2. The minimum absolute atomic E-state index is 0.104. The van der Waals surface area contributed by atoms with Crippen molar-refractivity contribution in [1.29, 1.82) is 0 Å². The third-order valence-electron chi connectivity index (χ3n) is 5.68. The van der Waals surface area contributed by atoms with Gasteiger partial charge in [-0.1, -0.05) is 0 Å². The minimum Gasteiger partial charge on any atom is -0.379 e. The Bertz CT molecular complexity index is 937. The molecule has 4 rings (SSSR count). The number of ether oxygens (including phenoxy) is 1. The van der Waals surface area contributed by atoms with E-state index in [1.165, 1.54) is 0 Å². The lowest BCUT2D eigenvalue weighted by Crippen LogP contribution is -2.47. The number of nitrogens with one attached hydrogen (secondary N) is 1. The van der Waals surface area contributed by atoms with Crippen LogP contribution in [0.3, 0.4) is 0 Å². The molecule has 1 atom stereocenters. The molecule has 1 N–H and O–H groups in total. The number of carbonyl (C=O) groups excluding carboxylic acids is 1. The van der Waals surface area contributed by atoms with Crippen LogP contribution in [0.4, 0.5) is 5.95 Å². The molecule has 0 radical (unpaired) electrons. The van der Waals surface area contributed by atoms with Crippen molar-refractivity contribution >= 4 is 22.8 Å². The van der Waals surface area contributed by atoms with E-state index >= 15 is 0 Å². The van der Waals surface area contributed by atoms with Crippen molar-refractivity contribution in [3.8, 4) is 0 Å². The summed E-state index contributed by atoms with van der Waals surface area (Å²) in [4.78, 5) is 43.0. The number of aromatic nitrogens is 3. The van der Waals surface area contributed by atoms with Crippen LogP contribution in [-0.4, -0.2) is 90.7 Å². The largest absolute Gasteiger partial charge is 0.379 e.